The molecule has 35 heavy (non-hydrogen) atoms. The number of halogens is 3. The van der Waals surface area contributed by atoms with Crippen molar-refractivity contribution in [2.24, 2.45) is 0 Å². The average molecular weight is 484 g/mol. The second kappa shape index (κ2) is 10.1. The topological polar surface area (TPSA) is 67.9 Å². The molecule has 182 valence electrons. The minimum atomic E-state index is -4.47. The van der Waals surface area contributed by atoms with Crippen molar-refractivity contribution in [3.05, 3.63) is 89.5 Å². The summed E-state index contributed by atoms with van der Waals surface area (Å²) in [4.78, 5) is 26.6. The molecule has 0 aliphatic carbocycles. The van der Waals surface area contributed by atoms with E-state index in [1.165, 1.54) is 11.0 Å². The van der Waals surface area contributed by atoms with E-state index in [-0.39, 0.29) is 31.5 Å². The van der Waals surface area contributed by atoms with Gasteiger partial charge in [0.2, 0.25) is 0 Å². The van der Waals surface area contributed by atoms with Gasteiger partial charge in [-0.2, -0.15) is 13.2 Å². The first-order valence-corrected chi connectivity index (χ1v) is 10.9. The molecule has 0 aromatic heterocycles. The number of carbonyl (C=O) groups is 2. The first-order chi connectivity index (χ1) is 16.7. The molecule has 1 atom stereocenters. The van der Waals surface area contributed by atoms with Gasteiger partial charge in [-0.15, -0.1) is 0 Å². The zero-order valence-corrected chi connectivity index (χ0v) is 18.8. The number of anilines is 1. The smallest absolute Gasteiger partial charge is 0.416 e. The van der Waals surface area contributed by atoms with Gasteiger partial charge in [0.25, 0.3) is 11.8 Å². The zero-order valence-electron chi connectivity index (χ0n) is 18.8. The van der Waals surface area contributed by atoms with Crippen LogP contribution in [0.3, 0.4) is 0 Å². The highest BCUT2D eigenvalue weighted by atomic mass is 19.4. The fourth-order valence-electron chi connectivity index (χ4n) is 3.74. The highest BCUT2D eigenvalue weighted by Crippen LogP contribution is 2.32. The lowest BCUT2D eigenvalue weighted by Crippen LogP contribution is -2.37. The van der Waals surface area contributed by atoms with E-state index < -0.39 is 17.8 Å². The number of nitrogens with zero attached hydrogens (tertiary/aromatic N) is 1. The molecule has 0 radical (unpaired) electrons. The van der Waals surface area contributed by atoms with Crippen molar-refractivity contribution in [1.29, 1.82) is 0 Å². The van der Waals surface area contributed by atoms with E-state index in [9.17, 15) is 22.8 Å². The summed E-state index contributed by atoms with van der Waals surface area (Å²) in [7, 11) is 0. The van der Waals surface area contributed by atoms with Gasteiger partial charge in [-0.1, -0.05) is 30.3 Å². The van der Waals surface area contributed by atoms with E-state index in [0.29, 0.717) is 28.3 Å². The molecule has 0 unspecified atom stereocenters. The van der Waals surface area contributed by atoms with Crippen LogP contribution in [-0.2, 0) is 28.9 Å². The number of nitrogens with one attached hydrogen (secondary N) is 1. The van der Waals surface area contributed by atoms with Crippen LogP contribution in [-0.4, -0.2) is 29.4 Å². The Morgan fingerprint density at radius 2 is 1.86 bits per heavy atom. The molecule has 2 amide bonds. The third-order valence-electron chi connectivity index (χ3n) is 5.41. The molecule has 3 aromatic carbocycles. The molecule has 0 bridgehead atoms. The van der Waals surface area contributed by atoms with Crippen molar-refractivity contribution in [3.63, 3.8) is 0 Å². The minimum Gasteiger partial charge on any atom is -0.484 e. The van der Waals surface area contributed by atoms with Crippen LogP contribution in [0.4, 0.5) is 18.9 Å². The maximum Gasteiger partial charge on any atom is 0.416 e. The van der Waals surface area contributed by atoms with Crippen molar-refractivity contribution in [3.8, 4) is 11.5 Å². The molecular formula is C26H23F3N2O4. The molecule has 1 aliphatic rings. The quantitative estimate of drug-likeness (QED) is 0.533. The molecule has 9 heteroatoms. The largest absolute Gasteiger partial charge is 0.484 e. The highest BCUT2D eigenvalue weighted by molar-refractivity contribution is 5.92. The standard InChI is InChI=1S/C26H23F3N2O4/c1-17-25(33)31(14-18-6-5-7-20(12-18)26(27,28)29)15-19-13-21(10-11-23(19)35-17)30-24(32)16-34-22-8-3-2-4-9-22/h2-13,17H,14-16H2,1H3,(H,30,32)/t17-/m1/s1. The molecule has 0 saturated heterocycles. The summed E-state index contributed by atoms with van der Waals surface area (Å²) in [6, 6.07) is 18.8. The van der Waals surface area contributed by atoms with Gasteiger partial charge in [0.05, 0.1) is 5.56 Å². The molecule has 0 saturated carbocycles. The van der Waals surface area contributed by atoms with E-state index in [2.05, 4.69) is 5.32 Å². The van der Waals surface area contributed by atoms with Gasteiger partial charge in [-0.05, 0) is 55.0 Å². The van der Waals surface area contributed by atoms with Gasteiger partial charge in [0.1, 0.15) is 11.5 Å². The second-order valence-electron chi connectivity index (χ2n) is 8.12. The third kappa shape index (κ3) is 6.11. The van der Waals surface area contributed by atoms with E-state index in [1.54, 1.807) is 55.5 Å². The van der Waals surface area contributed by atoms with E-state index in [4.69, 9.17) is 9.47 Å². The minimum absolute atomic E-state index is 0.0165. The summed E-state index contributed by atoms with van der Waals surface area (Å²) in [5.41, 5.74) is 0.683. The summed E-state index contributed by atoms with van der Waals surface area (Å²) >= 11 is 0. The van der Waals surface area contributed by atoms with Crippen LogP contribution in [0.2, 0.25) is 0 Å². The first-order valence-electron chi connectivity index (χ1n) is 10.9. The van der Waals surface area contributed by atoms with Crippen molar-refractivity contribution >= 4 is 17.5 Å². The summed E-state index contributed by atoms with van der Waals surface area (Å²) in [5.74, 6) is 0.320. The Morgan fingerprint density at radius 1 is 1.09 bits per heavy atom. The lowest BCUT2D eigenvalue weighted by Gasteiger charge is -2.22. The SMILES string of the molecule is C[C@H]1Oc2ccc(NC(=O)COc3ccccc3)cc2CN(Cc2cccc(C(F)(F)F)c2)C1=O. The maximum atomic E-state index is 13.1. The number of carbonyl (C=O) groups excluding carboxylic acids is 2. The number of benzene rings is 3. The van der Waals surface area contributed by atoms with Gasteiger partial charge in [-0.25, -0.2) is 0 Å². The molecule has 3 aromatic rings. The van der Waals surface area contributed by atoms with Crippen LogP contribution in [0, 0.1) is 0 Å². The second-order valence-corrected chi connectivity index (χ2v) is 8.12. The number of fused-ring (bicyclic) bond motifs is 1. The first kappa shape index (κ1) is 24.1. The number of hydrogen-bond acceptors (Lipinski definition) is 4. The van der Waals surface area contributed by atoms with Crippen LogP contribution >= 0.6 is 0 Å². The van der Waals surface area contributed by atoms with E-state index in [0.717, 1.165) is 12.1 Å². The summed E-state index contributed by atoms with van der Waals surface area (Å²) in [5, 5.41) is 2.75. The fourth-order valence-corrected chi connectivity index (χ4v) is 3.74. The average Bonchev–Trinajstić information content (AvgIpc) is 2.94. The maximum absolute atomic E-state index is 13.1. The van der Waals surface area contributed by atoms with Gasteiger partial charge in [0, 0.05) is 24.3 Å². The lowest BCUT2D eigenvalue weighted by atomic mass is 10.1. The summed E-state index contributed by atoms with van der Waals surface area (Å²) in [6.45, 7) is 1.50. The Bertz CT molecular complexity index is 1210. The Labute approximate surface area is 200 Å². The van der Waals surface area contributed by atoms with Gasteiger partial charge in [-0.3, -0.25) is 9.59 Å². The monoisotopic (exact) mass is 484 g/mol. The van der Waals surface area contributed by atoms with Crippen LogP contribution < -0.4 is 14.8 Å². The summed E-state index contributed by atoms with van der Waals surface area (Å²) in [6.07, 6.45) is -5.29. The molecule has 4 rings (SSSR count). The lowest BCUT2D eigenvalue weighted by molar-refractivity contribution is -0.138. The molecule has 0 fully saturated rings. The normalized spacial score (nSPS) is 15.6. The van der Waals surface area contributed by atoms with Crippen LogP contribution in [0.15, 0.2) is 72.8 Å². The fraction of sp³-hybridized carbons (Fsp3) is 0.231. The Balaban J connectivity index is 1.48. The van der Waals surface area contributed by atoms with E-state index >= 15 is 0 Å². The van der Waals surface area contributed by atoms with Gasteiger partial charge < -0.3 is 19.7 Å². The van der Waals surface area contributed by atoms with Crippen LogP contribution in [0.5, 0.6) is 11.5 Å². The highest BCUT2D eigenvalue weighted by Gasteiger charge is 2.32. The number of hydrogen-bond donors (Lipinski definition) is 1. The van der Waals surface area contributed by atoms with Gasteiger partial charge in [0.15, 0.2) is 12.7 Å². The van der Waals surface area contributed by atoms with Crippen molar-refractivity contribution < 1.29 is 32.2 Å². The predicted octanol–water partition coefficient (Wildman–Crippen LogP) is 5.03. The Kier molecular flexibility index (Phi) is 6.95. The van der Waals surface area contributed by atoms with Crippen LogP contribution in [0.25, 0.3) is 0 Å². The zero-order chi connectivity index (χ0) is 25.0. The number of ether oxygens (including phenoxy) is 2. The predicted molar refractivity (Wildman–Crippen MR) is 123 cm³/mol. The van der Waals surface area contributed by atoms with Gasteiger partial charge >= 0.3 is 6.18 Å². The number of rotatable bonds is 6. The van der Waals surface area contributed by atoms with Crippen molar-refractivity contribution in [2.45, 2.75) is 32.3 Å². The molecule has 1 heterocycles. The van der Waals surface area contributed by atoms with Crippen LogP contribution in [0.1, 0.15) is 23.6 Å². The molecule has 1 aliphatic heterocycles. The number of para-hydroxylation sites is 1. The molecule has 6 nitrogen and oxygen atoms in total. The molecule has 1 N–H and O–H groups in total. The molecular weight excluding hydrogens is 461 g/mol. The third-order valence-corrected chi connectivity index (χ3v) is 5.41. The Morgan fingerprint density at radius 3 is 2.60 bits per heavy atom. The van der Waals surface area contributed by atoms with Crippen molar-refractivity contribution in [1.82, 2.24) is 4.90 Å². The van der Waals surface area contributed by atoms with E-state index in [1.807, 2.05) is 6.07 Å². The Hall–Kier alpha value is -4.01. The number of amides is 2. The van der Waals surface area contributed by atoms with Crippen molar-refractivity contribution in [2.75, 3.05) is 11.9 Å². The summed E-state index contributed by atoms with van der Waals surface area (Å²) < 4.78 is 50.5. The molecule has 0 spiro atoms. The number of alkyl halides is 3.